The van der Waals surface area contributed by atoms with Gasteiger partial charge in [-0.15, -0.1) is 0 Å². The van der Waals surface area contributed by atoms with Gasteiger partial charge >= 0.3 is 0 Å². The molecule has 6 aromatic rings. The molecule has 4 aromatic carbocycles. The Labute approximate surface area is 466 Å². The number of furan rings is 2. The van der Waals surface area contributed by atoms with E-state index in [1.807, 2.05) is 24.3 Å². The zero-order valence-electron chi connectivity index (χ0n) is 46.8. The Bertz CT molecular complexity index is 3310. The van der Waals surface area contributed by atoms with Crippen molar-refractivity contribution in [3.05, 3.63) is 165 Å². The number of ether oxygens (including phenoxy) is 2. The molecule has 79 heavy (non-hydrogen) atoms. The lowest BCUT2D eigenvalue weighted by Gasteiger charge is -2.23. The van der Waals surface area contributed by atoms with Gasteiger partial charge in [-0.2, -0.15) is 8.61 Å². The number of methoxy groups -OCH3 is 2. The lowest BCUT2D eigenvalue weighted by molar-refractivity contribution is 0.0784. The summed E-state index contributed by atoms with van der Waals surface area (Å²) in [5, 5.41) is 2.96. The Hall–Kier alpha value is -6.28. The zero-order chi connectivity index (χ0) is 56.0. The number of likely N-dealkylation sites (tertiary alicyclic amines) is 2. The van der Waals surface area contributed by atoms with E-state index >= 15 is 0 Å². The van der Waals surface area contributed by atoms with E-state index in [2.05, 4.69) is 39.4 Å². The van der Waals surface area contributed by atoms with E-state index in [9.17, 15) is 26.4 Å². The molecule has 10 rings (SSSR count). The maximum absolute atomic E-state index is 13.8. The van der Waals surface area contributed by atoms with Gasteiger partial charge in [0.2, 0.25) is 20.0 Å². The lowest BCUT2D eigenvalue weighted by Crippen LogP contribution is -2.33. The Morgan fingerprint density at radius 3 is 1.42 bits per heavy atom. The maximum atomic E-state index is 13.8. The van der Waals surface area contributed by atoms with Crippen LogP contribution in [0.25, 0.3) is 0 Å². The molecule has 0 atom stereocenters. The fourth-order valence-corrected chi connectivity index (χ4v) is 15.2. The molecule has 422 valence electrons. The van der Waals surface area contributed by atoms with Gasteiger partial charge in [-0.1, -0.05) is 48.5 Å². The average molecular weight is 1120 g/mol. The summed E-state index contributed by atoms with van der Waals surface area (Å²) in [4.78, 5) is 33.3. The zero-order valence-corrected chi connectivity index (χ0v) is 48.4. The third-order valence-electron chi connectivity index (χ3n) is 15.2. The van der Waals surface area contributed by atoms with Crippen molar-refractivity contribution in [2.75, 3.05) is 47.4 Å². The fourth-order valence-electron chi connectivity index (χ4n) is 11.0. The van der Waals surface area contributed by atoms with Gasteiger partial charge in [0.05, 0.1) is 48.2 Å². The second-order valence-corrected chi connectivity index (χ2v) is 25.5. The van der Waals surface area contributed by atoms with Gasteiger partial charge in [-0.05, 0) is 186 Å². The smallest absolute Gasteiger partial charge is 0.257 e. The summed E-state index contributed by atoms with van der Waals surface area (Å²) >= 11 is 0. The van der Waals surface area contributed by atoms with Crippen LogP contribution in [-0.2, 0) is 59.3 Å². The summed E-state index contributed by atoms with van der Waals surface area (Å²) in [6.45, 7) is 14.6. The molecule has 2 saturated heterocycles. The molecular formula is C61H76N6O10S2. The van der Waals surface area contributed by atoms with Crippen molar-refractivity contribution in [2.45, 2.75) is 140 Å². The summed E-state index contributed by atoms with van der Waals surface area (Å²) in [6, 6.07) is 26.8. The number of aryl methyl sites for hydroxylation is 4. The van der Waals surface area contributed by atoms with Crippen LogP contribution in [0.4, 0.5) is 0 Å². The second kappa shape index (κ2) is 25.0. The average Bonchev–Trinajstić information content (AvgIpc) is 4.37. The quantitative estimate of drug-likeness (QED) is 0.0682. The van der Waals surface area contributed by atoms with Crippen molar-refractivity contribution in [1.29, 1.82) is 0 Å². The van der Waals surface area contributed by atoms with E-state index in [0.717, 1.165) is 76.1 Å². The normalized spacial score (nSPS) is 16.1. The minimum absolute atomic E-state index is 0.0731. The highest BCUT2D eigenvalue weighted by atomic mass is 32.2. The molecule has 16 nitrogen and oxygen atoms in total. The third kappa shape index (κ3) is 14.2. The molecule has 4 heterocycles. The number of amides is 2. The molecule has 4 aliphatic rings. The minimum atomic E-state index is -3.78. The molecule has 0 radical (unpaired) electrons. The predicted molar refractivity (Wildman–Crippen MR) is 303 cm³/mol. The van der Waals surface area contributed by atoms with Gasteiger partial charge in [-0.25, -0.2) is 16.8 Å². The summed E-state index contributed by atoms with van der Waals surface area (Å²) in [6.07, 6.45) is 11.1. The Balaban J connectivity index is 0.000000192. The van der Waals surface area contributed by atoms with Gasteiger partial charge in [0.15, 0.2) is 0 Å². The Morgan fingerprint density at radius 1 is 0.570 bits per heavy atom. The van der Waals surface area contributed by atoms with Crippen LogP contribution >= 0.6 is 0 Å². The number of rotatable bonds is 22. The first kappa shape index (κ1) is 57.4. The summed E-state index contributed by atoms with van der Waals surface area (Å²) in [5.74, 6) is 1.72. The summed E-state index contributed by atoms with van der Waals surface area (Å²) in [7, 11) is -2.65. The first-order valence-electron chi connectivity index (χ1n) is 27.5. The van der Waals surface area contributed by atoms with Crippen molar-refractivity contribution in [3.8, 4) is 11.5 Å². The molecule has 2 aliphatic carbocycles. The highest BCUT2D eigenvalue weighted by Crippen LogP contribution is 2.39. The number of carbonyl (C=O) groups excluding carboxylic acids is 2. The fraction of sp³-hybridized carbons (Fsp3) is 0.443. The number of benzene rings is 4. The van der Waals surface area contributed by atoms with Gasteiger partial charge in [0, 0.05) is 45.3 Å². The second-order valence-electron chi connectivity index (χ2n) is 21.8. The van der Waals surface area contributed by atoms with Crippen molar-refractivity contribution < 1.29 is 44.7 Å². The number of nitrogens with one attached hydrogen (secondary N) is 1. The van der Waals surface area contributed by atoms with Gasteiger partial charge in [-0.3, -0.25) is 19.4 Å². The molecule has 2 aliphatic heterocycles. The molecule has 0 unspecified atom stereocenters. The van der Waals surface area contributed by atoms with E-state index in [1.54, 1.807) is 90.3 Å². The predicted octanol–water partition coefficient (Wildman–Crippen LogP) is 9.91. The van der Waals surface area contributed by atoms with Gasteiger partial charge in [0.1, 0.15) is 35.5 Å². The van der Waals surface area contributed by atoms with Crippen LogP contribution in [-0.4, -0.2) is 111 Å². The maximum Gasteiger partial charge on any atom is 0.257 e. The van der Waals surface area contributed by atoms with Crippen LogP contribution in [0, 0.1) is 27.7 Å². The summed E-state index contributed by atoms with van der Waals surface area (Å²) < 4.78 is 80.2. The number of carbonyl (C=O) groups is 2. The first-order chi connectivity index (χ1) is 37.9. The Kier molecular flexibility index (Phi) is 18.2. The van der Waals surface area contributed by atoms with E-state index in [4.69, 9.17) is 18.3 Å². The molecular weight excluding hydrogens is 1040 g/mol. The van der Waals surface area contributed by atoms with Crippen LogP contribution in [0.5, 0.6) is 11.5 Å². The molecule has 0 spiro atoms. The minimum Gasteiger partial charge on any atom is -0.497 e. The molecule has 18 heteroatoms. The molecule has 4 fully saturated rings. The van der Waals surface area contributed by atoms with Crippen molar-refractivity contribution in [3.63, 3.8) is 0 Å². The van der Waals surface area contributed by atoms with Gasteiger partial charge < -0.3 is 28.5 Å². The standard InChI is InChI=1S/C31H39N3O5S.C30H37N3O5S/c1-22-14-28(38-4)15-23(2)30(22)40(36,37)34(27-10-11-27)20-29-17-26(21-39-29)31(35)32(3)18-24-8-7-9-25(16-24)19-33-12-5-6-13-33;1-21-13-27(37-3)14-22(2)29(21)39(35,36)33(26-9-10-26)19-28-16-25(20-38-28)30(34)31-17-23-7-6-8-24(15-23)18-32-11-4-5-12-32/h7-9,14-17,21,27H,5-6,10-13,18-20H2,1-4H3;6-8,13-16,20,26H,4-5,9-12,17-19H2,1-3H3,(H,31,34). The summed E-state index contributed by atoms with van der Waals surface area (Å²) in [5.41, 5.74) is 7.98. The first-order valence-corrected chi connectivity index (χ1v) is 30.4. The third-order valence-corrected chi connectivity index (χ3v) is 19.6. The molecule has 0 bridgehead atoms. The highest BCUT2D eigenvalue weighted by Gasteiger charge is 2.42. The number of hydrogen-bond acceptors (Lipinski definition) is 12. The van der Waals surface area contributed by atoms with Gasteiger partial charge in [0.25, 0.3) is 11.8 Å². The van der Waals surface area contributed by atoms with E-state index in [-0.39, 0.29) is 37.0 Å². The number of sulfonamides is 2. The molecule has 2 aromatic heterocycles. The molecule has 2 amide bonds. The number of hydrogen-bond donors (Lipinski definition) is 1. The lowest BCUT2D eigenvalue weighted by atomic mass is 10.1. The van der Waals surface area contributed by atoms with Crippen molar-refractivity contribution >= 4 is 31.9 Å². The van der Waals surface area contributed by atoms with Crippen LogP contribution in [0.3, 0.4) is 0 Å². The van der Waals surface area contributed by atoms with Crippen molar-refractivity contribution in [2.24, 2.45) is 0 Å². The van der Waals surface area contributed by atoms with Crippen LogP contribution in [0.1, 0.15) is 128 Å². The topological polar surface area (TPSA) is 175 Å². The largest absolute Gasteiger partial charge is 0.497 e. The monoisotopic (exact) mass is 1120 g/mol. The van der Waals surface area contributed by atoms with Crippen LogP contribution in [0.2, 0.25) is 0 Å². The van der Waals surface area contributed by atoms with Crippen LogP contribution in [0.15, 0.2) is 116 Å². The van der Waals surface area contributed by atoms with Crippen molar-refractivity contribution in [1.82, 2.24) is 28.6 Å². The molecule has 1 N–H and O–H groups in total. The SMILES string of the molecule is COc1cc(C)c(S(=O)(=O)N(Cc2cc(C(=O)N(C)Cc3cccc(CN4CCCC4)c3)co2)C2CC2)c(C)c1.COc1cc(C)c(S(=O)(=O)N(Cc2cc(C(=O)NCc3cccc(CN4CCCC4)c3)co2)C2CC2)c(C)c1. The van der Waals surface area contributed by atoms with E-state index in [1.165, 1.54) is 57.9 Å². The van der Waals surface area contributed by atoms with E-state index in [0.29, 0.717) is 79.3 Å². The van der Waals surface area contributed by atoms with Crippen LogP contribution < -0.4 is 14.8 Å². The molecule has 2 saturated carbocycles. The highest BCUT2D eigenvalue weighted by molar-refractivity contribution is 7.89. The Morgan fingerprint density at radius 2 is 0.975 bits per heavy atom. The number of nitrogens with zero attached hydrogens (tertiary/aromatic N) is 5. The van der Waals surface area contributed by atoms with E-state index < -0.39 is 20.0 Å².